The summed E-state index contributed by atoms with van der Waals surface area (Å²) in [7, 11) is 0. The smallest absolute Gasteiger partial charge is 0.387 e. The molecule has 2 aromatic carbocycles. The molecule has 3 amide bonds. The van der Waals surface area contributed by atoms with Crippen molar-refractivity contribution in [1.82, 2.24) is 4.90 Å². The van der Waals surface area contributed by atoms with Gasteiger partial charge in [0.05, 0.1) is 16.8 Å². The zero-order valence-electron chi connectivity index (χ0n) is 14.8. The van der Waals surface area contributed by atoms with Gasteiger partial charge in [-0.15, -0.1) is 0 Å². The number of carbonyl (C=O) groups excluding carboxylic acids is 4. The quantitative estimate of drug-likeness (QED) is 0.560. The average Bonchev–Trinajstić information content (AvgIpc) is 2.93. The Morgan fingerprint density at radius 1 is 0.966 bits per heavy atom. The Hall–Kier alpha value is -3.82. The second kappa shape index (κ2) is 8.46. The standard InChI is InChI=1S/C19H14F2N2O6/c20-19(21)29-14-8-4-3-7-13(14)22-15(24)10-28-16(25)9-23-17(26)11-5-1-2-6-12(11)18(23)27/h1-8,19H,9-10H2,(H,22,24). The van der Waals surface area contributed by atoms with E-state index in [9.17, 15) is 28.0 Å². The minimum absolute atomic E-state index is 0.0332. The Balaban J connectivity index is 1.54. The number of nitrogens with one attached hydrogen (secondary N) is 1. The van der Waals surface area contributed by atoms with Crippen molar-refractivity contribution in [1.29, 1.82) is 0 Å². The molecule has 150 valence electrons. The molecule has 0 aliphatic carbocycles. The van der Waals surface area contributed by atoms with Gasteiger partial charge in [-0.1, -0.05) is 24.3 Å². The maximum Gasteiger partial charge on any atom is 0.387 e. The van der Waals surface area contributed by atoms with Crippen molar-refractivity contribution in [2.75, 3.05) is 18.5 Å². The summed E-state index contributed by atoms with van der Waals surface area (Å²) in [5.41, 5.74) is 0.326. The highest BCUT2D eigenvalue weighted by atomic mass is 19.3. The minimum atomic E-state index is -3.08. The van der Waals surface area contributed by atoms with Crippen molar-refractivity contribution in [3.63, 3.8) is 0 Å². The fraction of sp³-hybridized carbons (Fsp3) is 0.158. The monoisotopic (exact) mass is 404 g/mol. The zero-order chi connectivity index (χ0) is 21.0. The van der Waals surface area contributed by atoms with Gasteiger partial charge in [-0.2, -0.15) is 8.78 Å². The molecule has 29 heavy (non-hydrogen) atoms. The molecule has 1 heterocycles. The lowest BCUT2D eigenvalue weighted by atomic mass is 10.1. The Morgan fingerprint density at radius 2 is 1.55 bits per heavy atom. The molecule has 0 spiro atoms. The van der Waals surface area contributed by atoms with Crippen LogP contribution in [0.3, 0.4) is 0 Å². The predicted molar refractivity (Wildman–Crippen MR) is 94.5 cm³/mol. The molecule has 8 nitrogen and oxygen atoms in total. The van der Waals surface area contributed by atoms with Crippen molar-refractivity contribution in [3.8, 4) is 5.75 Å². The van der Waals surface area contributed by atoms with Gasteiger partial charge < -0.3 is 14.8 Å². The minimum Gasteiger partial charge on any atom is -0.454 e. The van der Waals surface area contributed by atoms with Crippen LogP contribution < -0.4 is 10.1 Å². The van der Waals surface area contributed by atoms with E-state index in [0.29, 0.717) is 0 Å². The fourth-order valence-corrected chi connectivity index (χ4v) is 2.66. The van der Waals surface area contributed by atoms with Crippen molar-refractivity contribution >= 4 is 29.4 Å². The summed E-state index contributed by atoms with van der Waals surface area (Å²) >= 11 is 0. The number of imide groups is 1. The van der Waals surface area contributed by atoms with Crippen LogP contribution in [0.4, 0.5) is 14.5 Å². The third-order valence-electron chi connectivity index (χ3n) is 3.91. The maximum atomic E-state index is 12.4. The third-order valence-corrected chi connectivity index (χ3v) is 3.91. The topological polar surface area (TPSA) is 102 Å². The summed E-state index contributed by atoms with van der Waals surface area (Å²) in [6, 6.07) is 11.6. The van der Waals surface area contributed by atoms with Crippen LogP contribution in [0.2, 0.25) is 0 Å². The van der Waals surface area contributed by atoms with E-state index >= 15 is 0 Å². The van der Waals surface area contributed by atoms with E-state index in [1.54, 1.807) is 12.1 Å². The first-order chi connectivity index (χ1) is 13.9. The first-order valence-electron chi connectivity index (χ1n) is 8.31. The SMILES string of the molecule is O=C(COC(=O)CN1C(=O)c2ccccc2C1=O)Nc1ccccc1OC(F)F. The molecular formula is C19H14F2N2O6. The van der Waals surface area contributed by atoms with E-state index < -0.39 is 43.5 Å². The summed E-state index contributed by atoms with van der Waals surface area (Å²) < 4.78 is 33.8. The number of ether oxygens (including phenoxy) is 2. The normalized spacial score (nSPS) is 12.7. The van der Waals surface area contributed by atoms with Gasteiger partial charge in [-0.05, 0) is 24.3 Å². The second-order valence-electron chi connectivity index (χ2n) is 5.83. The average molecular weight is 404 g/mol. The van der Waals surface area contributed by atoms with Crippen LogP contribution in [-0.4, -0.2) is 48.4 Å². The third kappa shape index (κ3) is 4.54. The van der Waals surface area contributed by atoms with E-state index in [2.05, 4.69) is 10.1 Å². The Morgan fingerprint density at radius 3 is 2.17 bits per heavy atom. The number of para-hydroxylation sites is 2. The fourth-order valence-electron chi connectivity index (χ4n) is 2.66. The number of hydrogen-bond donors (Lipinski definition) is 1. The Kier molecular flexibility index (Phi) is 5.82. The molecule has 0 unspecified atom stereocenters. The van der Waals surface area contributed by atoms with Gasteiger partial charge in [0.15, 0.2) is 6.61 Å². The summed E-state index contributed by atoms with van der Waals surface area (Å²) in [6.07, 6.45) is 0. The molecule has 3 rings (SSSR count). The maximum absolute atomic E-state index is 12.4. The van der Waals surface area contributed by atoms with Gasteiger partial charge in [-0.25, -0.2) is 0 Å². The molecule has 1 aliphatic rings. The number of amides is 3. The van der Waals surface area contributed by atoms with E-state index in [1.165, 1.54) is 36.4 Å². The van der Waals surface area contributed by atoms with E-state index in [0.717, 1.165) is 4.90 Å². The van der Waals surface area contributed by atoms with Crippen LogP contribution in [-0.2, 0) is 14.3 Å². The van der Waals surface area contributed by atoms with E-state index in [-0.39, 0.29) is 22.6 Å². The van der Waals surface area contributed by atoms with Gasteiger partial charge in [0.1, 0.15) is 12.3 Å². The van der Waals surface area contributed by atoms with Crippen LogP contribution in [0.15, 0.2) is 48.5 Å². The molecule has 1 N–H and O–H groups in total. The van der Waals surface area contributed by atoms with E-state index in [4.69, 9.17) is 4.74 Å². The number of carbonyl (C=O) groups is 4. The first kappa shape index (κ1) is 19.9. The summed E-state index contributed by atoms with van der Waals surface area (Å²) in [6.45, 7) is -4.49. The number of benzene rings is 2. The van der Waals surface area contributed by atoms with Crippen LogP contribution in [0.25, 0.3) is 0 Å². The molecule has 1 aliphatic heterocycles. The largest absolute Gasteiger partial charge is 0.454 e. The van der Waals surface area contributed by atoms with Gasteiger partial charge in [0.25, 0.3) is 17.7 Å². The van der Waals surface area contributed by atoms with Crippen molar-refractivity contribution in [2.24, 2.45) is 0 Å². The highest BCUT2D eigenvalue weighted by molar-refractivity contribution is 6.22. The van der Waals surface area contributed by atoms with Crippen molar-refractivity contribution in [3.05, 3.63) is 59.7 Å². The van der Waals surface area contributed by atoms with Crippen molar-refractivity contribution < 1.29 is 37.4 Å². The molecule has 10 heteroatoms. The summed E-state index contributed by atoms with van der Waals surface area (Å²) in [5.74, 6) is -3.32. The van der Waals surface area contributed by atoms with Crippen LogP contribution >= 0.6 is 0 Å². The predicted octanol–water partition coefficient (Wildman–Crippen LogP) is 2.07. The lowest BCUT2D eigenvalue weighted by Gasteiger charge is -2.14. The zero-order valence-corrected chi connectivity index (χ0v) is 14.8. The van der Waals surface area contributed by atoms with Crippen LogP contribution in [0, 0.1) is 0 Å². The number of hydrogen-bond acceptors (Lipinski definition) is 6. The summed E-state index contributed by atoms with van der Waals surface area (Å²) in [4.78, 5) is 49.0. The lowest BCUT2D eigenvalue weighted by Crippen LogP contribution is -2.36. The number of nitrogens with zero attached hydrogens (tertiary/aromatic N) is 1. The van der Waals surface area contributed by atoms with Gasteiger partial charge in [0, 0.05) is 0 Å². The first-order valence-corrected chi connectivity index (χ1v) is 8.31. The van der Waals surface area contributed by atoms with Gasteiger partial charge in [0.2, 0.25) is 0 Å². The van der Waals surface area contributed by atoms with Crippen LogP contribution in [0.1, 0.15) is 20.7 Å². The van der Waals surface area contributed by atoms with E-state index in [1.807, 2.05) is 0 Å². The number of fused-ring (bicyclic) bond motifs is 1. The molecule has 2 aromatic rings. The van der Waals surface area contributed by atoms with Crippen molar-refractivity contribution in [2.45, 2.75) is 6.61 Å². The number of halogens is 2. The van der Waals surface area contributed by atoms with Crippen LogP contribution in [0.5, 0.6) is 5.75 Å². The Bertz CT molecular complexity index is 944. The van der Waals surface area contributed by atoms with Gasteiger partial charge in [-0.3, -0.25) is 24.1 Å². The van der Waals surface area contributed by atoms with Gasteiger partial charge >= 0.3 is 12.6 Å². The molecule has 0 bridgehead atoms. The lowest BCUT2D eigenvalue weighted by molar-refractivity contribution is -0.147. The molecule has 0 saturated carbocycles. The molecule has 0 saturated heterocycles. The molecule has 0 radical (unpaired) electrons. The molecule has 0 fully saturated rings. The molecule has 0 aromatic heterocycles. The number of anilines is 1. The number of alkyl halides is 2. The molecule has 0 atom stereocenters. The highest BCUT2D eigenvalue weighted by Gasteiger charge is 2.36. The number of esters is 1. The highest BCUT2D eigenvalue weighted by Crippen LogP contribution is 2.25. The molecular weight excluding hydrogens is 390 g/mol. The second-order valence-corrected chi connectivity index (χ2v) is 5.83. The summed E-state index contributed by atoms with van der Waals surface area (Å²) in [5, 5.41) is 2.27. The Labute approximate surface area is 163 Å². The number of rotatable bonds is 7.